The van der Waals surface area contributed by atoms with E-state index in [0.717, 1.165) is 21.7 Å². The van der Waals surface area contributed by atoms with Crippen molar-refractivity contribution in [3.63, 3.8) is 0 Å². The Balaban J connectivity index is 1.59. The number of hydrogen-bond donors (Lipinski definition) is 1. The molecule has 1 amide bonds. The molecule has 2 aromatic carbocycles. The van der Waals surface area contributed by atoms with Gasteiger partial charge in [-0.2, -0.15) is 5.10 Å². The minimum Gasteiger partial charge on any atom is -0.497 e. The molecule has 5 rings (SSSR count). The molecule has 0 aliphatic rings. The van der Waals surface area contributed by atoms with Crippen molar-refractivity contribution in [2.75, 3.05) is 7.11 Å². The molecule has 32 heavy (non-hydrogen) atoms. The fraction of sp³-hybridized carbons (Fsp3) is 0.125. The van der Waals surface area contributed by atoms with Crippen LogP contribution in [0.4, 0.5) is 0 Å². The van der Waals surface area contributed by atoms with Crippen LogP contribution in [0, 0.1) is 0 Å². The average molecular weight is 445 g/mol. The van der Waals surface area contributed by atoms with Crippen LogP contribution < -0.4 is 15.6 Å². The smallest absolute Gasteiger partial charge is 0.277 e. The lowest BCUT2D eigenvalue weighted by atomic mass is 10.1. The van der Waals surface area contributed by atoms with Crippen LogP contribution in [0.5, 0.6) is 5.75 Å². The fourth-order valence-electron chi connectivity index (χ4n) is 3.76. The summed E-state index contributed by atoms with van der Waals surface area (Å²) in [5, 5.41) is 9.23. The van der Waals surface area contributed by atoms with Crippen LogP contribution in [0.15, 0.2) is 77.0 Å². The number of hydrogen-bond acceptors (Lipinski definition) is 5. The van der Waals surface area contributed by atoms with Crippen molar-refractivity contribution in [1.29, 1.82) is 0 Å². The molecule has 3 heterocycles. The van der Waals surface area contributed by atoms with Gasteiger partial charge in [0.1, 0.15) is 11.3 Å². The summed E-state index contributed by atoms with van der Waals surface area (Å²) < 4.78 is 8.62. The molecule has 0 fully saturated rings. The summed E-state index contributed by atoms with van der Waals surface area (Å²) in [5.74, 6) is 0.528. The maximum atomic E-state index is 13.3. The molecule has 0 radical (unpaired) electrons. The second-order valence-corrected chi connectivity index (χ2v) is 8.37. The number of carbonyl (C=O) groups excluding carboxylic acids is 1. The molecule has 0 aliphatic carbocycles. The number of nitrogens with zero attached hydrogens (tertiary/aromatic N) is 3. The second kappa shape index (κ2) is 8.32. The van der Waals surface area contributed by atoms with E-state index in [-0.39, 0.29) is 11.5 Å². The summed E-state index contributed by atoms with van der Waals surface area (Å²) >= 11 is 1.59. The molecule has 0 aliphatic heterocycles. The first-order valence-corrected chi connectivity index (χ1v) is 11.0. The highest BCUT2D eigenvalue weighted by molar-refractivity contribution is 7.09. The SMILES string of the molecule is COc1cccc(Cn2c(=O)c3ccnn3c3ccc(C(=O)NCc4cccs4)cc32)c1. The van der Waals surface area contributed by atoms with E-state index in [2.05, 4.69) is 10.4 Å². The van der Waals surface area contributed by atoms with Gasteiger partial charge in [0.2, 0.25) is 0 Å². The number of rotatable bonds is 6. The monoisotopic (exact) mass is 444 g/mol. The average Bonchev–Trinajstić information content (AvgIpc) is 3.52. The van der Waals surface area contributed by atoms with E-state index in [0.29, 0.717) is 29.7 Å². The van der Waals surface area contributed by atoms with Crippen molar-refractivity contribution in [2.45, 2.75) is 13.1 Å². The van der Waals surface area contributed by atoms with Gasteiger partial charge in [-0.15, -0.1) is 11.3 Å². The van der Waals surface area contributed by atoms with Crippen LogP contribution in [0.1, 0.15) is 20.8 Å². The van der Waals surface area contributed by atoms with E-state index < -0.39 is 0 Å². The molecular weight excluding hydrogens is 424 g/mol. The minimum absolute atomic E-state index is 0.172. The Kier molecular flexibility index (Phi) is 5.20. The highest BCUT2D eigenvalue weighted by atomic mass is 32.1. The molecule has 8 heteroatoms. The lowest BCUT2D eigenvalue weighted by molar-refractivity contribution is 0.0951. The number of thiophene rings is 1. The third-order valence-electron chi connectivity index (χ3n) is 5.34. The highest BCUT2D eigenvalue weighted by Gasteiger charge is 2.15. The molecule has 0 bridgehead atoms. The first-order chi connectivity index (χ1) is 15.6. The Morgan fingerprint density at radius 1 is 1.06 bits per heavy atom. The van der Waals surface area contributed by atoms with Gasteiger partial charge in [0.15, 0.2) is 0 Å². The zero-order chi connectivity index (χ0) is 22.1. The molecule has 0 saturated heterocycles. The van der Waals surface area contributed by atoms with Crippen molar-refractivity contribution in [3.05, 3.63) is 98.6 Å². The summed E-state index contributed by atoms with van der Waals surface area (Å²) in [6, 6.07) is 18.6. The lowest BCUT2D eigenvalue weighted by Gasteiger charge is -2.14. The summed E-state index contributed by atoms with van der Waals surface area (Å²) in [6.07, 6.45) is 1.60. The molecule has 160 valence electrons. The van der Waals surface area contributed by atoms with Crippen LogP contribution in [0.2, 0.25) is 0 Å². The van der Waals surface area contributed by atoms with Crippen molar-refractivity contribution in [3.8, 4) is 5.75 Å². The van der Waals surface area contributed by atoms with E-state index >= 15 is 0 Å². The lowest BCUT2D eigenvalue weighted by Crippen LogP contribution is -2.25. The van der Waals surface area contributed by atoms with Gasteiger partial charge in [-0.1, -0.05) is 18.2 Å². The molecule has 0 spiro atoms. The third kappa shape index (κ3) is 3.65. The van der Waals surface area contributed by atoms with Gasteiger partial charge in [0.05, 0.1) is 37.4 Å². The normalized spacial score (nSPS) is 11.2. The molecule has 0 atom stereocenters. The number of fused-ring (bicyclic) bond motifs is 3. The van der Waals surface area contributed by atoms with Crippen molar-refractivity contribution < 1.29 is 9.53 Å². The van der Waals surface area contributed by atoms with Gasteiger partial charge in [-0.05, 0) is 53.4 Å². The summed E-state index contributed by atoms with van der Waals surface area (Å²) in [4.78, 5) is 27.2. The maximum absolute atomic E-state index is 13.3. The van der Waals surface area contributed by atoms with E-state index in [9.17, 15) is 9.59 Å². The zero-order valence-corrected chi connectivity index (χ0v) is 18.1. The Hall–Kier alpha value is -3.91. The second-order valence-electron chi connectivity index (χ2n) is 7.34. The zero-order valence-electron chi connectivity index (χ0n) is 17.3. The predicted molar refractivity (Wildman–Crippen MR) is 125 cm³/mol. The van der Waals surface area contributed by atoms with Crippen LogP contribution in [0.3, 0.4) is 0 Å². The number of amides is 1. The van der Waals surface area contributed by atoms with Crippen LogP contribution in [-0.4, -0.2) is 27.2 Å². The highest BCUT2D eigenvalue weighted by Crippen LogP contribution is 2.20. The molecule has 0 unspecified atom stereocenters. The number of ether oxygens (including phenoxy) is 1. The fourth-order valence-corrected chi connectivity index (χ4v) is 4.40. The van der Waals surface area contributed by atoms with Crippen LogP contribution in [-0.2, 0) is 13.1 Å². The van der Waals surface area contributed by atoms with E-state index in [4.69, 9.17) is 4.74 Å². The summed E-state index contributed by atoms with van der Waals surface area (Å²) in [5.41, 5.74) is 3.10. The predicted octanol–water partition coefficient (Wildman–Crippen LogP) is 3.70. The molecular formula is C24H20N4O3S. The topological polar surface area (TPSA) is 77.6 Å². The van der Waals surface area contributed by atoms with Crippen LogP contribution in [0.25, 0.3) is 16.6 Å². The van der Waals surface area contributed by atoms with E-state index in [1.54, 1.807) is 51.9 Å². The van der Waals surface area contributed by atoms with E-state index in [1.165, 1.54) is 0 Å². The van der Waals surface area contributed by atoms with Gasteiger partial charge in [0.25, 0.3) is 11.5 Å². The van der Waals surface area contributed by atoms with Crippen molar-refractivity contribution in [2.24, 2.45) is 0 Å². The Morgan fingerprint density at radius 2 is 1.97 bits per heavy atom. The number of methoxy groups -OCH3 is 1. The largest absolute Gasteiger partial charge is 0.497 e. The number of benzene rings is 2. The summed E-state index contributed by atoms with van der Waals surface area (Å²) in [6.45, 7) is 0.803. The summed E-state index contributed by atoms with van der Waals surface area (Å²) in [7, 11) is 1.61. The maximum Gasteiger partial charge on any atom is 0.277 e. The molecule has 5 aromatic rings. The Morgan fingerprint density at radius 3 is 2.78 bits per heavy atom. The standard InChI is InChI=1S/C24H20N4O3S/c1-31-18-5-2-4-16(12-18)15-27-22-13-17(23(29)25-14-19-6-3-11-32-19)7-8-20(22)28-21(24(27)30)9-10-26-28/h2-13H,14-15H2,1H3,(H,25,29). The number of aromatic nitrogens is 3. The molecule has 1 N–H and O–H groups in total. The Labute approximate surface area is 187 Å². The van der Waals surface area contributed by atoms with Gasteiger partial charge in [0, 0.05) is 10.4 Å². The van der Waals surface area contributed by atoms with Gasteiger partial charge < -0.3 is 14.6 Å². The molecule has 3 aromatic heterocycles. The first-order valence-electron chi connectivity index (χ1n) is 10.1. The number of nitrogens with one attached hydrogen (secondary N) is 1. The quantitative estimate of drug-likeness (QED) is 0.433. The van der Waals surface area contributed by atoms with Gasteiger partial charge in [-0.3, -0.25) is 9.59 Å². The third-order valence-corrected chi connectivity index (χ3v) is 6.22. The van der Waals surface area contributed by atoms with E-state index in [1.807, 2.05) is 47.8 Å². The van der Waals surface area contributed by atoms with Crippen molar-refractivity contribution in [1.82, 2.24) is 19.5 Å². The van der Waals surface area contributed by atoms with Crippen molar-refractivity contribution >= 4 is 33.8 Å². The molecule has 7 nitrogen and oxygen atoms in total. The van der Waals surface area contributed by atoms with Gasteiger partial charge in [-0.25, -0.2) is 4.52 Å². The Bertz CT molecular complexity index is 1480. The minimum atomic E-state index is -0.193. The molecule has 0 saturated carbocycles. The number of carbonyl (C=O) groups is 1. The van der Waals surface area contributed by atoms with Gasteiger partial charge >= 0.3 is 0 Å². The van der Waals surface area contributed by atoms with Crippen LogP contribution >= 0.6 is 11.3 Å². The first kappa shape index (κ1) is 20.0.